The van der Waals surface area contributed by atoms with Crippen LogP contribution >= 0.6 is 0 Å². The summed E-state index contributed by atoms with van der Waals surface area (Å²) in [5.41, 5.74) is 6.94. The topological polar surface area (TPSA) is 146 Å². The van der Waals surface area contributed by atoms with Crippen LogP contribution in [-0.2, 0) is 21.4 Å². The quantitative estimate of drug-likeness (QED) is 0.179. The van der Waals surface area contributed by atoms with Gasteiger partial charge in [-0.2, -0.15) is 5.10 Å². The van der Waals surface area contributed by atoms with Gasteiger partial charge in [0, 0.05) is 52.3 Å². The molecule has 0 bridgehead atoms. The van der Waals surface area contributed by atoms with Crippen molar-refractivity contribution in [3.8, 4) is 33.8 Å². The second kappa shape index (κ2) is 11.0. The number of nitrogens with zero attached hydrogens (tertiary/aromatic N) is 3. The third-order valence-electron chi connectivity index (χ3n) is 7.00. The smallest absolute Gasteiger partial charge is 0.226 e. The highest BCUT2D eigenvalue weighted by Crippen LogP contribution is 2.35. The fourth-order valence-electron chi connectivity index (χ4n) is 4.87. The lowest BCUT2D eigenvalue weighted by molar-refractivity contribution is -0.118. The molecule has 10 nitrogen and oxygen atoms in total. The monoisotopic (exact) mass is 597 g/mol. The van der Waals surface area contributed by atoms with Gasteiger partial charge in [0.15, 0.2) is 0 Å². The van der Waals surface area contributed by atoms with Crippen molar-refractivity contribution in [2.45, 2.75) is 20.4 Å². The van der Waals surface area contributed by atoms with Crippen molar-refractivity contribution in [3.05, 3.63) is 84.6 Å². The van der Waals surface area contributed by atoms with E-state index in [0.717, 1.165) is 44.9 Å². The van der Waals surface area contributed by atoms with Crippen LogP contribution in [0.4, 0.5) is 10.1 Å². The summed E-state index contributed by atoms with van der Waals surface area (Å²) in [6.07, 6.45) is 6.05. The largest absolute Gasteiger partial charge is 0.353 e. The molecule has 0 atom stereocenters. The molecule has 4 N–H and O–H groups in total. The lowest BCUT2D eigenvalue weighted by Gasteiger charge is -2.09. The van der Waals surface area contributed by atoms with E-state index in [1.54, 1.807) is 24.7 Å². The molecule has 0 aliphatic rings. The van der Waals surface area contributed by atoms with Crippen LogP contribution in [0.1, 0.15) is 19.4 Å². The Morgan fingerprint density at radius 2 is 1.74 bits per heavy atom. The molecule has 0 aliphatic heterocycles. The standard InChI is InChI=1S/C31H28FN7O3S/c1-17(2)31(40)36-23-11-21(15-33-16-23)19-4-5-27-24(12-19)30(39-38-27)28-13-25-26(37-28)6-7-34-29(25)20-8-18(9-22(32)10-20)14-35-43(3,41)42/h4-13,15-17,35,37H,14H2,1-3H3,(H,36,40)(H,38,39). The number of aromatic nitrogens is 5. The van der Waals surface area contributed by atoms with Gasteiger partial charge in [0.25, 0.3) is 0 Å². The third-order valence-corrected chi connectivity index (χ3v) is 7.67. The molecule has 0 saturated carbocycles. The molecule has 218 valence electrons. The van der Waals surface area contributed by atoms with E-state index in [-0.39, 0.29) is 18.4 Å². The van der Waals surface area contributed by atoms with Crippen molar-refractivity contribution in [2.75, 3.05) is 11.6 Å². The lowest BCUT2D eigenvalue weighted by Crippen LogP contribution is -2.21. The minimum atomic E-state index is -3.44. The average molecular weight is 598 g/mol. The van der Waals surface area contributed by atoms with Crippen LogP contribution in [0.2, 0.25) is 0 Å². The van der Waals surface area contributed by atoms with E-state index in [4.69, 9.17) is 0 Å². The zero-order valence-corrected chi connectivity index (χ0v) is 24.4. The Hall–Kier alpha value is -4.94. The summed E-state index contributed by atoms with van der Waals surface area (Å²) in [4.78, 5) is 24.4. The van der Waals surface area contributed by atoms with E-state index in [0.29, 0.717) is 28.2 Å². The van der Waals surface area contributed by atoms with Crippen molar-refractivity contribution in [1.29, 1.82) is 0 Å². The number of nitrogens with one attached hydrogen (secondary N) is 4. The molecule has 0 fully saturated rings. The van der Waals surface area contributed by atoms with Crippen LogP contribution in [-0.4, -0.2) is 45.7 Å². The number of rotatable bonds is 8. The summed E-state index contributed by atoms with van der Waals surface area (Å²) in [6.45, 7) is 3.63. The van der Waals surface area contributed by atoms with Gasteiger partial charge in [0.05, 0.1) is 35.0 Å². The predicted molar refractivity (Wildman–Crippen MR) is 165 cm³/mol. The van der Waals surface area contributed by atoms with Gasteiger partial charge in [-0.05, 0) is 59.7 Å². The SMILES string of the molecule is CC(C)C(=O)Nc1cncc(-c2ccc3[nH]nc(-c4cc5c(-c6cc(F)cc(CNS(C)(=O)=O)c6)nccc5[nH]4)c3c2)c1. The Bertz CT molecular complexity index is 2120. The van der Waals surface area contributed by atoms with Gasteiger partial charge in [-0.25, -0.2) is 17.5 Å². The Balaban J connectivity index is 1.38. The number of pyridine rings is 2. The summed E-state index contributed by atoms with van der Waals surface area (Å²) in [5, 5.41) is 12.2. The molecular formula is C31H28FN7O3S. The number of aromatic amines is 2. The van der Waals surface area contributed by atoms with E-state index >= 15 is 0 Å². The number of hydrogen-bond donors (Lipinski definition) is 4. The van der Waals surface area contributed by atoms with Crippen LogP contribution in [0.15, 0.2) is 73.2 Å². The van der Waals surface area contributed by atoms with Crippen molar-refractivity contribution < 1.29 is 17.6 Å². The first-order valence-electron chi connectivity index (χ1n) is 13.5. The second-order valence-electron chi connectivity index (χ2n) is 10.7. The maximum absolute atomic E-state index is 14.6. The van der Waals surface area contributed by atoms with E-state index in [1.807, 2.05) is 50.2 Å². The first-order chi connectivity index (χ1) is 20.5. The Morgan fingerprint density at radius 3 is 2.53 bits per heavy atom. The molecular weight excluding hydrogens is 569 g/mol. The summed E-state index contributed by atoms with van der Waals surface area (Å²) in [6, 6.07) is 15.9. The number of sulfonamides is 1. The van der Waals surface area contributed by atoms with Crippen molar-refractivity contribution in [3.63, 3.8) is 0 Å². The molecule has 0 saturated heterocycles. The maximum atomic E-state index is 14.6. The molecule has 12 heteroatoms. The van der Waals surface area contributed by atoms with E-state index in [1.165, 1.54) is 12.1 Å². The van der Waals surface area contributed by atoms with Gasteiger partial charge in [-0.15, -0.1) is 0 Å². The summed E-state index contributed by atoms with van der Waals surface area (Å²) < 4.78 is 40.1. The van der Waals surface area contributed by atoms with Crippen molar-refractivity contribution in [2.24, 2.45) is 5.92 Å². The number of amides is 1. The van der Waals surface area contributed by atoms with Gasteiger partial charge in [0.1, 0.15) is 11.5 Å². The Labute approximate surface area is 246 Å². The zero-order valence-electron chi connectivity index (χ0n) is 23.6. The molecule has 43 heavy (non-hydrogen) atoms. The zero-order chi connectivity index (χ0) is 30.3. The Kier molecular flexibility index (Phi) is 7.24. The molecule has 1 amide bonds. The Morgan fingerprint density at radius 1 is 0.930 bits per heavy atom. The van der Waals surface area contributed by atoms with E-state index < -0.39 is 15.8 Å². The minimum absolute atomic E-state index is 0.0396. The number of halogens is 1. The molecule has 0 spiro atoms. The van der Waals surface area contributed by atoms with E-state index in [9.17, 15) is 17.6 Å². The van der Waals surface area contributed by atoms with E-state index in [2.05, 4.69) is 35.2 Å². The molecule has 6 aromatic rings. The van der Waals surface area contributed by atoms with Crippen LogP contribution in [0.25, 0.3) is 55.6 Å². The third kappa shape index (κ3) is 6.01. The second-order valence-corrected chi connectivity index (χ2v) is 12.5. The minimum Gasteiger partial charge on any atom is -0.353 e. The summed E-state index contributed by atoms with van der Waals surface area (Å²) in [7, 11) is -3.44. The maximum Gasteiger partial charge on any atom is 0.226 e. The molecule has 0 unspecified atom stereocenters. The number of fused-ring (bicyclic) bond motifs is 2. The fourth-order valence-corrected chi connectivity index (χ4v) is 5.30. The molecule has 6 rings (SSSR count). The van der Waals surface area contributed by atoms with Gasteiger partial charge < -0.3 is 10.3 Å². The molecule has 0 aliphatic carbocycles. The molecule has 2 aromatic carbocycles. The van der Waals surface area contributed by atoms with Gasteiger partial charge in [0.2, 0.25) is 15.9 Å². The van der Waals surface area contributed by atoms with Gasteiger partial charge in [-0.1, -0.05) is 19.9 Å². The molecule has 0 radical (unpaired) electrons. The highest BCUT2D eigenvalue weighted by molar-refractivity contribution is 7.88. The van der Waals surface area contributed by atoms with Gasteiger partial charge >= 0.3 is 0 Å². The van der Waals surface area contributed by atoms with Crippen LogP contribution in [0, 0.1) is 11.7 Å². The van der Waals surface area contributed by atoms with Crippen LogP contribution in [0.3, 0.4) is 0 Å². The van der Waals surface area contributed by atoms with Crippen LogP contribution < -0.4 is 10.0 Å². The summed E-state index contributed by atoms with van der Waals surface area (Å²) in [5.74, 6) is -0.731. The molecule has 4 heterocycles. The number of carbonyl (C=O) groups is 1. The first kappa shape index (κ1) is 28.2. The summed E-state index contributed by atoms with van der Waals surface area (Å²) >= 11 is 0. The highest BCUT2D eigenvalue weighted by Gasteiger charge is 2.16. The lowest BCUT2D eigenvalue weighted by atomic mass is 10.0. The normalized spacial score (nSPS) is 11.9. The number of benzene rings is 2. The fraction of sp³-hybridized carbons (Fsp3) is 0.161. The van der Waals surface area contributed by atoms with Crippen molar-refractivity contribution in [1.82, 2.24) is 29.9 Å². The number of hydrogen-bond acceptors (Lipinski definition) is 6. The van der Waals surface area contributed by atoms with Crippen molar-refractivity contribution >= 4 is 43.4 Å². The number of H-pyrrole nitrogens is 2. The van der Waals surface area contributed by atoms with Gasteiger partial charge in [-0.3, -0.25) is 19.9 Å². The molecule has 4 aromatic heterocycles. The number of carbonyl (C=O) groups excluding carboxylic acids is 1. The average Bonchev–Trinajstić information content (AvgIpc) is 3.59. The van der Waals surface area contributed by atoms with Crippen LogP contribution in [0.5, 0.6) is 0 Å². The first-order valence-corrected chi connectivity index (χ1v) is 15.4. The highest BCUT2D eigenvalue weighted by atomic mass is 32.2. The predicted octanol–water partition coefficient (Wildman–Crippen LogP) is 5.62. The number of anilines is 1.